The molecular formula is C17H17ClN2O2. The van der Waals surface area contributed by atoms with E-state index in [9.17, 15) is 4.79 Å². The van der Waals surface area contributed by atoms with Crippen LogP contribution in [0.1, 0.15) is 28.8 Å². The van der Waals surface area contributed by atoms with Crippen molar-refractivity contribution >= 4 is 23.2 Å². The normalized spacial score (nSPS) is 15.2. The average molecular weight is 317 g/mol. The second-order valence-electron chi connectivity index (χ2n) is 5.50. The van der Waals surface area contributed by atoms with E-state index in [1.165, 1.54) is 0 Å². The van der Waals surface area contributed by atoms with Crippen LogP contribution in [0.25, 0.3) is 0 Å². The number of ether oxygens (including phenoxy) is 1. The average Bonchev–Trinajstić information content (AvgIpc) is 3.27. The van der Waals surface area contributed by atoms with E-state index in [1.807, 2.05) is 24.3 Å². The predicted molar refractivity (Wildman–Crippen MR) is 87.2 cm³/mol. The first-order valence-corrected chi connectivity index (χ1v) is 7.44. The molecule has 0 aliphatic heterocycles. The Morgan fingerprint density at radius 3 is 2.64 bits per heavy atom. The lowest BCUT2D eigenvalue weighted by atomic mass is 10.0. The Balaban J connectivity index is 1.82. The number of hydrogen-bond acceptors (Lipinski definition) is 3. The van der Waals surface area contributed by atoms with Gasteiger partial charge in [0.05, 0.1) is 18.2 Å². The van der Waals surface area contributed by atoms with Gasteiger partial charge in [0.15, 0.2) is 0 Å². The van der Waals surface area contributed by atoms with E-state index < -0.39 is 0 Å². The molecule has 0 heterocycles. The Morgan fingerprint density at radius 2 is 2.05 bits per heavy atom. The summed E-state index contributed by atoms with van der Waals surface area (Å²) < 4.78 is 5.10. The van der Waals surface area contributed by atoms with Gasteiger partial charge in [-0.1, -0.05) is 23.7 Å². The molecule has 1 saturated carbocycles. The molecule has 3 rings (SSSR count). The first kappa shape index (κ1) is 14.7. The Morgan fingerprint density at radius 1 is 1.27 bits per heavy atom. The molecule has 0 aromatic heterocycles. The second-order valence-corrected chi connectivity index (χ2v) is 5.94. The maximum Gasteiger partial charge on any atom is 0.254 e. The van der Waals surface area contributed by atoms with E-state index in [-0.39, 0.29) is 11.4 Å². The highest BCUT2D eigenvalue weighted by atomic mass is 35.5. The van der Waals surface area contributed by atoms with Crippen LogP contribution in [-0.4, -0.2) is 13.0 Å². The fourth-order valence-electron chi connectivity index (χ4n) is 2.56. The third-order valence-corrected chi connectivity index (χ3v) is 4.22. The van der Waals surface area contributed by atoms with Gasteiger partial charge in [-0.2, -0.15) is 0 Å². The van der Waals surface area contributed by atoms with Crippen molar-refractivity contribution in [2.75, 3.05) is 12.8 Å². The highest BCUT2D eigenvalue weighted by Crippen LogP contribution is 2.46. The molecule has 1 amide bonds. The molecule has 1 fully saturated rings. The van der Waals surface area contributed by atoms with Crippen LogP contribution in [0, 0.1) is 0 Å². The molecular weight excluding hydrogens is 300 g/mol. The lowest BCUT2D eigenvalue weighted by molar-refractivity contribution is 0.0931. The van der Waals surface area contributed by atoms with Crippen LogP contribution in [0.15, 0.2) is 42.5 Å². The van der Waals surface area contributed by atoms with Crippen molar-refractivity contribution in [1.82, 2.24) is 5.32 Å². The van der Waals surface area contributed by atoms with Crippen LogP contribution >= 0.6 is 11.6 Å². The van der Waals surface area contributed by atoms with Crippen LogP contribution in [0.4, 0.5) is 5.69 Å². The highest BCUT2D eigenvalue weighted by molar-refractivity contribution is 6.30. The van der Waals surface area contributed by atoms with Crippen molar-refractivity contribution in [3.05, 3.63) is 58.6 Å². The molecule has 4 nitrogen and oxygen atoms in total. The third kappa shape index (κ3) is 2.74. The largest absolute Gasteiger partial charge is 0.497 e. The number of amides is 1. The SMILES string of the molecule is COc1ccc(C(=O)NC2(c3cccc(Cl)c3)CC2)c(N)c1. The molecule has 1 aliphatic carbocycles. The van der Waals surface area contributed by atoms with Crippen molar-refractivity contribution in [3.63, 3.8) is 0 Å². The van der Waals surface area contributed by atoms with E-state index >= 15 is 0 Å². The maximum atomic E-state index is 12.5. The molecule has 2 aromatic rings. The van der Waals surface area contributed by atoms with Crippen LogP contribution in [0.5, 0.6) is 5.75 Å². The summed E-state index contributed by atoms with van der Waals surface area (Å²) in [5.74, 6) is 0.447. The van der Waals surface area contributed by atoms with Gasteiger partial charge in [-0.15, -0.1) is 0 Å². The van der Waals surface area contributed by atoms with Gasteiger partial charge in [0.25, 0.3) is 5.91 Å². The number of hydrogen-bond donors (Lipinski definition) is 2. The summed E-state index contributed by atoms with van der Waals surface area (Å²) in [5, 5.41) is 3.76. The molecule has 114 valence electrons. The van der Waals surface area contributed by atoms with Gasteiger partial charge in [0.2, 0.25) is 0 Å². The molecule has 0 bridgehead atoms. The molecule has 3 N–H and O–H groups in total. The van der Waals surface area contributed by atoms with Gasteiger partial charge in [0, 0.05) is 16.8 Å². The van der Waals surface area contributed by atoms with E-state index in [4.69, 9.17) is 22.1 Å². The summed E-state index contributed by atoms with van der Waals surface area (Å²) in [4.78, 5) is 12.5. The number of benzene rings is 2. The zero-order valence-corrected chi connectivity index (χ0v) is 13.0. The number of nitrogens with two attached hydrogens (primary N) is 1. The second kappa shape index (κ2) is 5.54. The topological polar surface area (TPSA) is 64.3 Å². The fraction of sp³-hybridized carbons (Fsp3) is 0.235. The monoisotopic (exact) mass is 316 g/mol. The Kier molecular flexibility index (Phi) is 3.71. The minimum atomic E-state index is -0.325. The van der Waals surface area contributed by atoms with Gasteiger partial charge in [-0.05, 0) is 42.7 Å². The van der Waals surface area contributed by atoms with Crippen LogP contribution < -0.4 is 15.8 Å². The summed E-state index contributed by atoms with van der Waals surface area (Å²) in [6.45, 7) is 0. The molecule has 2 aromatic carbocycles. The van der Waals surface area contributed by atoms with E-state index in [1.54, 1.807) is 25.3 Å². The molecule has 0 saturated heterocycles. The predicted octanol–water partition coefficient (Wildman–Crippen LogP) is 3.35. The van der Waals surface area contributed by atoms with Crippen molar-refractivity contribution in [2.45, 2.75) is 18.4 Å². The first-order valence-electron chi connectivity index (χ1n) is 7.06. The van der Waals surface area contributed by atoms with Crippen LogP contribution in [0.2, 0.25) is 5.02 Å². The van der Waals surface area contributed by atoms with E-state index in [0.717, 1.165) is 18.4 Å². The van der Waals surface area contributed by atoms with Crippen LogP contribution in [0.3, 0.4) is 0 Å². The fourth-order valence-corrected chi connectivity index (χ4v) is 2.75. The standard InChI is InChI=1S/C17H17ClN2O2/c1-22-13-5-6-14(15(19)10-13)16(21)20-17(7-8-17)11-3-2-4-12(18)9-11/h2-6,9-10H,7-8,19H2,1H3,(H,20,21). The molecule has 0 unspecified atom stereocenters. The molecule has 0 spiro atoms. The minimum absolute atomic E-state index is 0.183. The summed E-state index contributed by atoms with van der Waals surface area (Å²) >= 11 is 6.04. The number of carbonyl (C=O) groups is 1. The van der Waals surface area contributed by atoms with Gasteiger partial charge in [-0.3, -0.25) is 4.79 Å². The van der Waals surface area contributed by atoms with Crippen LogP contribution in [-0.2, 0) is 5.54 Å². The van der Waals surface area contributed by atoms with Gasteiger partial charge >= 0.3 is 0 Å². The van der Waals surface area contributed by atoms with Gasteiger partial charge < -0.3 is 15.8 Å². The van der Waals surface area contributed by atoms with Gasteiger partial charge in [-0.25, -0.2) is 0 Å². The van der Waals surface area contributed by atoms with Gasteiger partial charge in [0.1, 0.15) is 5.75 Å². The van der Waals surface area contributed by atoms with Crippen molar-refractivity contribution in [2.24, 2.45) is 0 Å². The summed E-state index contributed by atoms with van der Waals surface area (Å²) in [6, 6.07) is 12.6. The minimum Gasteiger partial charge on any atom is -0.497 e. The number of nitrogen functional groups attached to an aromatic ring is 1. The molecule has 0 atom stereocenters. The lowest BCUT2D eigenvalue weighted by Gasteiger charge is -2.19. The number of nitrogens with one attached hydrogen (secondary N) is 1. The zero-order chi connectivity index (χ0) is 15.7. The molecule has 22 heavy (non-hydrogen) atoms. The number of methoxy groups -OCH3 is 1. The Hall–Kier alpha value is -2.20. The molecule has 1 aliphatic rings. The highest BCUT2D eigenvalue weighted by Gasteiger charge is 2.46. The van der Waals surface area contributed by atoms with Crippen molar-refractivity contribution in [1.29, 1.82) is 0 Å². The van der Waals surface area contributed by atoms with E-state index in [2.05, 4.69) is 5.32 Å². The molecule has 5 heteroatoms. The number of halogens is 1. The summed E-state index contributed by atoms with van der Waals surface area (Å²) in [6.07, 6.45) is 1.80. The van der Waals surface area contributed by atoms with Crippen molar-refractivity contribution < 1.29 is 9.53 Å². The summed E-state index contributed by atoms with van der Waals surface area (Å²) in [5.41, 5.74) is 7.50. The molecule has 0 radical (unpaired) electrons. The van der Waals surface area contributed by atoms with Crippen molar-refractivity contribution in [3.8, 4) is 5.75 Å². The third-order valence-electron chi connectivity index (χ3n) is 3.98. The zero-order valence-electron chi connectivity index (χ0n) is 12.2. The Bertz CT molecular complexity index is 726. The first-order chi connectivity index (χ1) is 10.5. The van der Waals surface area contributed by atoms with E-state index in [0.29, 0.717) is 22.0 Å². The maximum absolute atomic E-state index is 12.5. The number of carbonyl (C=O) groups excluding carboxylic acids is 1. The quantitative estimate of drug-likeness (QED) is 0.850. The lowest BCUT2D eigenvalue weighted by Crippen LogP contribution is -2.35. The Labute approximate surface area is 134 Å². The smallest absolute Gasteiger partial charge is 0.254 e. The number of anilines is 1. The summed E-state index contributed by atoms with van der Waals surface area (Å²) in [7, 11) is 1.56. The number of rotatable bonds is 4.